The molecule has 0 spiro atoms. The maximum Gasteiger partial charge on any atom is 0.328 e. The second-order valence-electron chi connectivity index (χ2n) is 5.38. The maximum absolute atomic E-state index is 11.9. The third-order valence-electron chi connectivity index (χ3n) is 3.09. The van der Waals surface area contributed by atoms with Crippen LogP contribution in [0.2, 0.25) is 0 Å². The second kappa shape index (κ2) is 8.92. The van der Waals surface area contributed by atoms with Crippen molar-refractivity contribution in [3.05, 3.63) is 29.8 Å². The summed E-state index contributed by atoms with van der Waals surface area (Å²) in [6.07, 6.45) is 0.527. The highest BCUT2D eigenvalue weighted by Crippen LogP contribution is 2.12. The minimum absolute atomic E-state index is 0.266. The Labute approximate surface area is 131 Å². The molecular weight excluding hydrogens is 284 g/mol. The number of ether oxygens (including phenoxy) is 2. The number of methoxy groups -OCH3 is 2. The van der Waals surface area contributed by atoms with Gasteiger partial charge in [0.1, 0.15) is 11.8 Å². The van der Waals surface area contributed by atoms with Gasteiger partial charge in [0, 0.05) is 6.54 Å². The SMILES string of the molecule is COC(=O)[C@@H](CC(C)C)NC(=O)NCc1cccc(OC)c1. The summed E-state index contributed by atoms with van der Waals surface area (Å²) in [5.74, 6) is 0.556. The molecule has 2 N–H and O–H groups in total. The molecule has 0 heterocycles. The van der Waals surface area contributed by atoms with E-state index in [1.54, 1.807) is 7.11 Å². The molecule has 0 aliphatic rings. The van der Waals surface area contributed by atoms with Gasteiger partial charge in [-0.2, -0.15) is 0 Å². The maximum atomic E-state index is 11.9. The Balaban J connectivity index is 2.54. The molecule has 0 fully saturated rings. The first-order valence-corrected chi connectivity index (χ1v) is 7.21. The van der Waals surface area contributed by atoms with Crippen LogP contribution in [0.3, 0.4) is 0 Å². The molecule has 1 aromatic rings. The monoisotopic (exact) mass is 308 g/mol. The van der Waals surface area contributed by atoms with Crippen molar-refractivity contribution >= 4 is 12.0 Å². The number of hydrogen-bond acceptors (Lipinski definition) is 4. The standard InChI is InChI=1S/C16H24N2O4/c1-11(2)8-14(15(19)22-4)18-16(20)17-10-12-6-5-7-13(9-12)21-3/h5-7,9,11,14H,8,10H2,1-4H3,(H2,17,18,20)/t14-/m1/s1. The van der Waals surface area contributed by atoms with Crippen LogP contribution in [0.15, 0.2) is 24.3 Å². The van der Waals surface area contributed by atoms with Crippen molar-refractivity contribution in [1.82, 2.24) is 10.6 Å². The van der Waals surface area contributed by atoms with Gasteiger partial charge in [-0.15, -0.1) is 0 Å². The fourth-order valence-electron chi connectivity index (χ4n) is 2.00. The second-order valence-corrected chi connectivity index (χ2v) is 5.38. The predicted molar refractivity (Wildman–Crippen MR) is 83.6 cm³/mol. The highest BCUT2D eigenvalue weighted by Gasteiger charge is 2.22. The first kappa shape index (κ1) is 17.8. The first-order valence-electron chi connectivity index (χ1n) is 7.21. The van der Waals surface area contributed by atoms with Gasteiger partial charge >= 0.3 is 12.0 Å². The first-order chi connectivity index (χ1) is 10.5. The van der Waals surface area contributed by atoms with Gasteiger partial charge in [0.25, 0.3) is 0 Å². The topological polar surface area (TPSA) is 76.7 Å². The molecule has 0 radical (unpaired) electrons. The summed E-state index contributed by atoms with van der Waals surface area (Å²) in [5.41, 5.74) is 0.910. The van der Waals surface area contributed by atoms with Crippen LogP contribution >= 0.6 is 0 Å². The number of nitrogens with one attached hydrogen (secondary N) is 2. The minimum atomic E-state index is -0.643. The highest BCUT2D eigenvalue weighted by atomic mass is 16.5. The van der Waals surface area contributed by atoms with E-state index in [2.05, 4.69) is 10.6 Å². The van der Waals surface area contributed by atoms with Crippen molar-refractivity contribution in [3.63, 3.8) is 0 Å². The van der Waals surface area contributed by atoms with Crippen LogP contribution < -0.4 is 15.4 Å². The number of esters is 1. The van der Waals surface area contributed by atoms with E-state index in [9.17, 15) is 9.59 Å². The lowest BCUT2D eigenvalue weighted by Gasteiger charge is -2.18. The van der Waals surface area contributed by atoms with Crippen LogP contribution in [-0.2, 0) is 16.1 Å². The molecule has 2 amide bonds. The molecule has 122 valence electrons. The zero-order valence-electron chi connectivity index (χ0n) is 13.5. The Kier molecular flexibility index (Phi) is 7.22. The Morgan fingerprint density at radius 3 is 2.55 bits per heavy atom. The Hall–Kier alpha value is -2.24. The van der Waals surface area contributed by atoms with Gasteiger partial charge in [0.15, 0.2) is 0 Å². The van der Waals surface area contributed by atoms with Crippen LogP contribution in [0.4, 0.5) is 4.79 Å². The van der Waals surface area contributed by atoms with Crippen molar-refractivity contribution in [2.45, 2.75) is 32.9 Å². The van der Waals surface area contributed by atoms with Gasteiger partial charge in [-0.25, -0.2) is 9.59 Å². The Morgan fingerprint density at radius 1 is 1.23 bits per heavy atom. The molecule has 0 aliphatic heterocycles. The number of benzene rings is 1. The van der Waals surface area contributed by atoms with Crippen LogP contribution in [0.1, 0.15) is 25.8 Å². The zero-order valence-corrected chi connectivity index (χ0v) is 13.5. The molecule has 1 atom stereocenters. The van der Waals surface area contributed by atoms with Crippen LogP contribution in [0.5, 0.6) is 5.75 Å². The largest absolute Gasteiger partial charge is 0.497 e. The van der Waals surface area contributed by atoms with Gasteiger partial charge < -0.3 is 20.1 Å². The Morgan fingerprint density at radius 2 is 1.95 bits per heavy atom. The lowest BCUT2D eigenvalue weighted by Crippen LogP contribution is -2.46. The molecule has 0 unspecified atom stereocenters. The van der Waals surface area contributed by atoms with Crippen molar-refractivity contribution < 1.29 is 19.1 Å². The molecule has 6 heteroatoms. The van der Waals surface area contributed by atoms with E-state index < -0.39 is 18.0 Å². The molecule has 0 saturated carbocycles. The van der Waals surface area contributed by atoms with E-state index in [1.807, 2.05) is 38.1 Å². The summed E-state index contributed by atoms with van der Waals surface area (Å²) in [6, 6.07) is 6.36. The zero-order chi connectivity index (χ0) is 16.5. The summed E-state index contributed by atoms with van der Waals surface area (Å²) in [4.78, 5) is 23.6. The summed E-state index contributed by atoms with van der Waals surface area (Å²) < 4.78 is 9.84. The van der Waals surface area contributed by atoms with Gasteiger partial charge in [-0.05, 0) is 30.0 Å². The van der Waals surface area contributed by atoms with E-state index in [-0.39, 0.29) is 5.92 Å². The van der Waals surface area contributed by atoms with Crippen LogP contribution in [0, 0.1) is 5.92 Å². The van der Waals surface area contributed by atoms with Gasteiger partial charge in [0.05, 0.1) is 14.2 Å². The lowest BCUT2D eigenvalue weighted by molar-refractivity contribution is -0.143. The number of urea groups is 1. The van der Waals surface area contributed by atoms with E-state index in [0.717, 1.165) is 11.3 Å². The van der Waals surface area contributed by atoms with Crippen LogP contribution in [0.25, 0.3) is 0 Å². The summed E-state index contributed by atoms with van der Waals surface area (Å²) in [6.45, 7) is 4.30. The number of hydrogen-bond donors (Lipinski definition) is 2. The van der Waals surface area contributed by atoms with E-state index in [0.29, 0.717) is 13.0 Å². The number of rotatable bonds is 7. The summed E-state index contributed by atoms with van der Waals surface area (Å²) in [7, 11) is 2.90. The smallest absolute Gasteiger partial charge is 0.328 e. The summed E-state index contributed by atoms with van der Waals surface area (Å²) in [5, 5.41) is 5.36. The van der Waals surface area contributed by atoms with Crippen LogP contribution in [-0.4, -0.2) is 32.3 Å². The van der Waals surface area contributed by atoms with Gasteiger partial charge in [0.2, 0.25) is 0 Å². The van der Waals surface area contributed by atoms with Crippen molar-refractivity contribution in [2.75, 3.05) is 14.2 Å². The third-order valence-corrected chi connectivity index (χ3v) is 3.09. The van der Waals surface area contributed by atoms with Gasteiger partial charge in [-0.3, -0.25) is 0 Å². The number of carbonyl (C=O) groups excluding carboxylic acids is 2. The molecule has 0 saturated heterocycles. The summed E-state index contributed by atoms with van der Waals surface area (Å²) >= 11 is 0. The average molecular weight is 308 g/mol. The van der Waals surface area contributed by atoms with E-state index >= 15 is 0 Å². The number of carbonyl (C=O) groups is 2. The molecule has 0 aliphatic carbocycles. The molecule has 1 rings (SSSR count). The van der Waals surface area contributed by atoms with Crippen molar-refractivity contribution in [2.24, 2.45) is 5.92 Å². The Bertz CT molecular complexity index is 503. The minimum Gasteiger partial charge on any atom is -0.497 e. The van der Waals surface area contributed by atoms with Gasteiger partial charge in [-0.1, -0.05) is 26.0 Å². The highest BCUT2D eigenvalue weighted by molar-refractivity contribution is 5.83. The molecule has 22 heavy (non-hydrogen) atoms. The number of amides is 2. The van der Waals surface area contributed by atoms with Crippen molar-refractivity contribution in [3.8, 4) is 5.75 Å². The van der Waals surface area contributed by atoms with Crippen molar-refractivity contribution in [1.29, 1.82) is 0 Å². The molecular formula is C16H24N2O4. The van der Waals surface area contributed by atoms with E-state index in [1.165, 1.54) is 7.11 Å². The predicted octanol–water partition coefficient (Wildman–Crippen LogP) is 2.08. The fourth-order valence-corrected chi connectivity index (χ4v) is 2.00. The molecule has 0 aromatic heterocycles. The average Bonchev–Trinajstić information content (AvgIpc) is 2.51. The third kappa shape index (κ3) is 6.03. The lowest BCUT2D eigenvalue weighted by atomic mass is 10.0. The molecule has 6 nitrogen and oxygen atoms in total. The fraction of sp³-hybridized carbons (Fsp3) is 0.500. The van der Waals surface area contributed by atoms with E-state index in [4.69, 9.17) is 9.47 Å². The quantitative estimate of drug-likeness (QED) is 0.756. The molecule has 0 bridgehead atoms. The molecule has 1 aromatic carbocycles. The normalized spacial score (nSPS) is 11.7.